The fourth-order valence-corrected chi connectivity index (χ4v) is 2.34. The molecular weight excluding hydrogens is 300 g/mol. The lowest BCUT2D eigenvalue weighted by Gasteiger charge is -2.15. The minimum atomic E-state index is -0.380. The molecule has 5 heteroatoms. The largest absolute Gasteiger partial charge is 0.488 e. The zero-order chi connectivity index (χ0) is 14.7. The van der Waals surface area contributed by atoms with Gasteiger partial charge < -0.3 is 10.5 Å². The van der Waals surface area contributed by atoms with Crippen LogP contribution >= 0.6 is 23.2 Å². The van der Waals surface area contributed by atoms with Crippen molar-refractivity contribution < 1.29 is 9.13 Å². The molecule has 2 aromatic carbocycles. The molecule has 20 heavy (non-hydrogen) atoms. The Hall–Kier alpha value is -1.29. The maximum Gasteiger partial charge on any atom is 0.127 e. The predicted molar refractivity (Wildman–Crippen MR) is 79.8 cm³/mol. The SMILES string of the molecule is C[C@H](N)c1ccc(F)cc1OCc1c(Cl)cccc1Cl. The minimum absolute atomic E-state index is 0.154. The van der Waals surface area contributed by atoms with E-state index in [9.17, 15) is 4.39 Å². The van der Waals surface area contributed by atoms with E-state index in [1.54, 1.807) is 24.3 Å². The molecule has 0 spiro atoms. The van der Waals surface area contributed by atoms with Crippen molar-refractivity contribution >= 4 is 23.2 Å². The second-order valence-electron chi connectivity index (χ2n) is 4.46. The molecule has 0 fully saturated rings. The number of nitrogens with two attached hydrogens (primary N) is 1. The van der Waals surface area contributed by atoms with E-state index >= 15 is 0 Å². The van der Waals surface area contributed by atoms with Crippen LogP contribution in [0.25, 0.3) is 0 Å². The van der Waals surface area contributed by atoms with Gasteiger partial charge in [0.25, 0.3) is 0 Å². The highest BCUT2D eigenvalue weighted by Crippen LogP contribution is 2.29. The Labute approximate surface area is 127 Å². The molecule has 2 rings (SSSR count). The van der Waals surface area contributed by atoms with Crippen LogP contribution in [0.3, 0.4) is 0 Å². The Balaban J connectivity index is 2.25. The molecule has 0 aliphatic heterocycles. The van der Waals surface area contributed by atoms with Crippen molar-refractivity contribution in [1.29, 1.82) is 0 Å². The summed E-state index contributed by atoms with van der Waals surface area (Å²) in [4.78, 5) is 0. The van der Waals surface area contributed by atoms with Crippen LogP contribution in [0, 0.1) is 5.82 Å². The maximum absolute atomic E-state index is 13.3. The average molecular weight is 314 g/mol. The average Bonchev–Trinajstić information content (AvgIpc) is 2.37. The summed E-state index contributed by atoms with van der Waals surface area (Å²) in [5.41, 5.74) is 7.23. The van der Waals surface area contributed by atoms with Crippen LogP contribution in [0.15, 0.2) is 36.4 Å². The van der Waals surface area contributed by atoms with E-state index < -0.39 is 0 Å². The fourth-order valence-electron chi connectivity index (χ4n) is 1.83. The number of ether oxygens (including phenoxy) is 1. The zero-order valence-corrected chi connectivity index (χ0v) is 12.4. The Morgan fingerprint density at radius 1 is 1.20 bits per heavy atom. The smallest absolute Gasteiger partial charge is 0.127 e. The lowest BCUT2D eigenvalue weighted by molar-refractivity contribution is 0.300. The third kappa shape index (κ3) is 3.42. The third-order valence-electron chi connectivity index (χ3n) is 2.90. The number of hydrogen-bond donors (Lipinski definition) is 1. The summed E-state index contributed by atoms with van der Waals surface area (Å²) < 4.78 is 19.0. The van der Waals surface area contributed by atoms with E-state index in [1.807, 2.05) is 6.92 Å². The number of halogens is 3. The normalized spacial score (nSPS) is 12.2. The Bertz CT molecular complexity index is 597. The first kappa shape index (κ1) is 15.1. The van der Waals surface area contributed by atoms with E-state index in [0.717, 1.165) is 5.56 Å². The van der Waals surface area contributed by atoms with Crippen LogP contribution in [0.1, 0.15) is 24.1 Å². The Kier molecular flexibility index (Phi) is 4.86. The fraction of sp³-hybridized carbons (Fsp3) is 0.200. The highest BCUT2D eigenvalue weighted by atomic mass is 35.5. The van der Waals surface area contributed by atoms with Gasteiger partial charge in [0.2, 0.25) is 0 Å². The molecule has 0 aromatic heterocycles. The van der Waals surface area contributed by atoms with Crippen molar-refractivity contribution in [1.82, 2.24) is 0 Å². The highest BCUT2D eigenvalue weighted by molar-refractivity contribution is 6.35. The van der Waals surface area contributed by atoms with Crippen molar-refractivity contribution in [3.63, 3.8) is 0 Å². The van der Waals surface area contributed by atoms with Gasteiger partial charge in [-0.1, -0.05) is 35.3 Å². The van der Waals surface area contributed by atoms with Crippen LogP contribution in [-0.4, -0.2) is 0 Å². The molecule has 1 atom stereocenters. The number of hydrogen-bond acceptors (Lipinski definition) is 2. The monoisotopic (exact) mass is 313 g/mol. The molecule has 2 nitrogen and oxygen atoms in total. The summed E-state index contributed by atoms with van der Waals surface area (Å²) >= 11 is 12.1. The van der Waals surface area contributed by atoms with E-state index in [2.05, 4.69) is 0 Å². The molecular formula is C15H14Cl2FNO. The summed E-state index contributed by atoms with van der Waals surface area (Å²) in [5, 5.41) is 1.02. The molecule has 0 saturated carbocycles. The predicted octanol–water partition coefficient (Wildman–Crippen LogP) is 4.73. The zero-order valence-electron chi connectivity index (χ0n) is 10.9. The standard InChI is InChI=1S/C15H14Cl2FNO/c1-9(19)11-6-5-10(18)7-15(11)20-8-12-13(16)3-2-4-14(12)17/h2-7,9H,8,19H2,1H3/t9-/m0/s1. The van der Waals surface area contributed by atoms with Gasteiger partial charge in [-0.25, -0.2) is 4.39 Å². The van der Waals surface area contributed by atoms with Gasteiger partial charge in [-0.05, 0) is 25.1 Å². The molecule has 0 heterocycles. The molecule has 0 aliphatic carbocycles. The summed E-state index contributed by atoms with van der Waals surface area (Å²) in [6.07, 6.45) is 0. The van der Waals surface area contributed by atoms with Crippen molar-refractivity contribution in [2.24, 2.45) is 5.73 Å². The van der Waals surface area contributed by atoms with Gasteiger partial charge in [0.15, 0.2) is 0 Å². The van der Waals surface area contributed by atoms with Gasteiger partial charge in [0.1, 0.15) is 18.2 Å². The van der Waals surface area contributed by atoms with Crippen LogP contribution in [0.4, 0.5) is 4.39 Å². The first-order valence-electron chi connectivity index (χ1n) is 6.09. The van der Waals surface area contributed by atoms with Gasteiger partial charge in [-0.3, -0.25) is 0 Å². The van der Waals surface area contributed by atoms with Crippen molar-refractivity contribution in [2.45, 2.75) is 19.6 Å². The van der Waals surface area contributed by atoms with Gasteiger partial charge in [0, 0.05) is 33.3 Å². The molecule has 0 radical (unpaired) electrons. The molecule has 0 aliphatic rings. The summed E-state index contributed by atoms with van der Waals surface area (Å²) in [6, 6.07) is 9.23. The lowest BCUT2D eigenvalue weighted by Crippen LogP contribution is -2.08. The van der Waals surface area contributed by atoms with E-state index in [0.29, 0.717) is 21.4 Å². The quantitative estimate of drug-likeness (QED) is 0.885. The molecule has 0 amide bonds. The first-order chi connectivity index (χ1) is 9.49. The first-order valence-corrected chi connectivity index (χ1v) is 6.85. The third-order valence-corrected chi connectivity index (χ3v) is 3.61. The second kappa shape index (κ2) is 6.44. The Morgan fingerprint density at radius 2 is 1.85 bits per heavy atom. The van der Waals surface area contributed by atoms with Gasteiger partial charge >= 0.3 is 0 Å². The minimum Gasteiger partial charge on any atom is -0.488 e. The molecule has 0 saturated heterocycles. The maximum atomic E-state index is 13.3. The van der Waals surface area contributed by atoms with Crippen molar-refractivity contribution in [3.8, 4) is 5.75 Å². The van der Waals surface area contributed by atoms with Crippen LogP contribution in [0.2, 0.25) is 10.0 Å². The Morgan fingerprint density at radius 3 is 2.45 bits per heavy atom. The van der Waals surface area contributed by atoms with Gasteiger partial charge in [-0.2, -0.15) is 0 Å². The van der Waals surface area contributed by atoms with Crippen molar-refractivity contribution in [3.05, 3.63) is 63.4 Å². The number of rotatable bonds is 4. The van der Waals surface area contributed by atoms with E-state index in [-0.39, 0.29) is 18.5 Å². The van der Waals surface area contributed by atoms with Crippen LogP contribution in [-0.2, 0) is 6.61 Å². The van der Waals surface area contributed by atoms with Crippen LogP contribution in [0.5, 0.6) is 5.75 Å². The van der Waals surface area contributed by atoms with Gasteiger partial charge in [0.05, 0.1) is 0 Å². The van der Waals surface area contributed by atoms with E-state index in [1.165, 1.54) is 12.1 Å². The summed E-state index contributed by atoms with van der Waals surface area (Å²) in [6.45, 7) is 1.96. The second-order valence-corrected chi connectivity index (χ2v) is 5.27. The topological polar surface area (TPSA) is 35.2 Å². The molecule has 2 aromatic rings. The molecule has 0 unspecified atom stereocenters. The molecule has 0 bridgehead atoms. The number of benzene rings is 2. The molecule has 106 valence electrons. The van der Waals surface area contributed by atoms with Crippen LogP contribution < -0.4 is 10.5 Å². The van der Waals surface area contributed by atoms with E-state index in [4.69, 9.17) is 33.7 Å². The van der Waals surface area contributed by atoms with Crippen molar-refractivity contribution in [2.75, 3.05) is 0 Å². The van der Waals surface area contributed by atoms with Gasteiger partial charge in [-0.15, -0.1) is 0 Å². The summed E-state index contributed by atoms with van der Waals surface area (Å²) in [7, 11) is 0. The summed E-state index contributed by atoms with van der Waals surface area (Å²) in [5.74, 6) is 0.0191. The molecule has 2 N–H and O–H groups in total. The lowest BCUT2D eigenvalue weighted by atomic mass is 10.1. The highest BCUT2D eigenvalue weighted by Gasteiger charge is 2.12.